The Morgan fingerprint density at radius 3 is 2.31 bits per heavy atom. The minimum atomic E-state index is -4.33. The number of benzene rings is 1. The van der Waals surface area contributed by atoms with Crippen LogP contribution in [-0.4, -0.2) is 13.0 Å². The first-order valence-corrected chi connectivity index (χ1v) is 5.78. The first kappa shape index (κ1) is 10.9. The molecule has 0 unspecified atom stereocenters. The van der Waals surface area contributed by atoms with Crippen LogP contribution in [0.2, 0.25) is 0 Å². The zero-order chi connectivity index (χ0) is 9.90. The van der Waals surface area contributed by atoms with Crippen LogP contribution in [0.25, 0.3) is 0 Å². The molecule has 0 radical (unpaired) electrons. The fourth-order valence-electron chi connectivity index (χ4n) is 0.723. The van der Waals surface area contributed by atoms with E-state index in [0.717, 1.165) is 3.57 Å². The van der Waals surface area contributed by atoms with Crippen LogP contribution >= 0.6 is 22.6 Å². The van der Waals surface area contributed by atoms with Crippen molar-refractivity contribution in [2.45, 2.75) is 6.61 Å². The molecule has 4 nitrogen and oxygen atoms in total. The second kappa shape index (κ2) is 4.36. The molecule has 0 heterocycles. The SMILES string of the molecule is O=S(=O)(O)OCc1ccc(I)cc1. The number of halogens is 1. The van der Waals surface area contributed by atoms with Gasteiger partial charge in [-0.25, -0.2) is 4.18 Å². The maximum absolute atomic E-state index is 10.2. The molecule has 1 rings (SSSR count). The summed E-state index contributed by atoms with van der Waals surface area (Å²) in [5.74, 6) is 0. The molecule has 0 spiro atoms. The standard InChI is InChI=1S/C7H7IO4S/c8-7-3-1-6(2-4-7)5-12-13(9,10)11/h1-4H,5H2,(H,9,10,11). The third-order valence-corrected chi connectivity index (χ3v) is 2.42. The minimum Gasteiger partial charge on any atom is -0.264 e. The van der Waals surface area contributed by atoms with E-state index in [1.54, 1.807) is 12.1 Å². The van der Waals surface area contributed by atoms with Gasteiger partial charge < -0.3 is 0 Å². The fraction of sp³-hybridized carbons (Fsp3) is 0.143. The van der Waals surface area contributed by atoms with Gasteiger partial charge in [-0.1, -0.05) is 12.1 Å². The van der Waals surface area contributed by atoms with Gasteiger partial charge in [0.25, 0.3) is 0 Å². The number of rotatable bonds is 3. The molecule has 0 amide bonds. The predicted molar refractivity (Wildman–Crippen MR) is 55.5 cm³/mol. The first-order chi connectivity index (χ1) is 5.97. The van der Waals surface area contributed by atoms with Gasteiger partial charge >= 0.3 is 10.4 Å². The average Bonchev–Trinajstić information content (AvgIpc) is 2.02. The van der Waals surface area contributed by atoms with Crippen LogP contribution in [0, 0.1) is 3.57 Å². The lowest BCUT2D eigenvalue weighted by Crippen LogP contribution is -2.03. The van der Waals surface area contributed by atoms with Gasteiger partial charge in [-0.2, -0.15) is 8.42 Å². The highest BCUT2D eigenvalue weighted by atomic mass is 127. The average molecular weight is 314 g/mol. The lowest BCUT2D eigenvalue weighted by atomic mass is 10.2. The van der Waals surface area contributed by atoms with Crippen LogP contribution in [0.5, 0.6) is 0 Å². The highest BCUT2D eigenvalue weighted by Gasteiger charge is 2.03. The van der Waals surface area contributed by atoms with E-state index in [2.05, 4.69) is 26.8 Å². The van der Waals surface area contributed by atoms with E-state index in [1.165, 1.54) is 0 Å². The van der Waals surface area contributed by atoms with Crippen molar-refractivity contribution in [3.05, 3.63) is 33.4 Å². The van der Waals surface area contributed by atoms with Crippen molar-refractivity contribution >= 4 is 33.0 Å². The molecule has 0 saturated heterocycles. The third-order valence-electron chi connectivity index (χ3n) is 1.29. The van der Waals surface area contributed by atoms with Gasteiger partial charge in [0.1, 0.15) is 0 Å². The number of hydrogen-bond donors (Lipinski definition) is 1. The molecule has 0 aliphatic rings. The molecule has 1 aromatic carbocycles. The van der Waals surface area contributed by atoms with Crippen molar-refractivity contribution in [1.82, 2.24) is 0 Å². The third kappa shape index (κ3) is 4.55. The fourth-order valence-corrected chi connectivity index (χ4v) is 1.37. The predicted octanol–water partition coefficient (Wildman–Crippen LogP) is 1.61. The van der Waals surface area contributed by atoms with Gasteiger partial charge in [0, 0.05) is 3.57 Å². The molecule has 1 aromatic rings. The highest BCUT2D eigenvalue weighted by Crippen LogP contribution is 2.08. The summed E-state index contributed by atoms with van der Waals surface area (Å²) in [6, 6.07) is 7.10. The number of hydrogen-bond acceptors (Lipinski definition) is 3. The Morgan fingerprint density at radius 1 is 1.31 bits per heavy atom. The zero-order valence-corrected chi connectivity index (χ0v) is 9.45. The molecular formula is C7H7IO4S. The van der Waals surface area contributed by atoms with Gasteiger partial charge in [-0.05, 0) is 40.3 Å². The van der Waals surface area contributed by atoms with Gasteiger partial charge in [-0.15, -0.1) is 0 Å². The summed E-state index contributed by atoms with van der Waals surface area (Å²) < 4.78 is 33.9. The smallest absolute Gasteiger partial charge is 0.264 e. The summed E-state index contributed by atoms with van der Waals surface area (Å²) in [6.07, 6.45) is 0. The molecule has 1 N–H and O–H groups in total. The van der Waals surface area contributed by atoms with Crippen molar-refractivity contribution < 1.29 is 17.2 Å². The molecule has 0 bridgehead atoms. The Hall–Kier alpha value is -0.180. The molecule has 0 aliphatic carbocycles. The summed E-state index contributed by atoms with van der Waals surface area (Å²) >= 11 is 2.13. The van der Waals surface area contributed by atoms with Crippen LogP contribution in [0.1, 0.15) is 5.56 Å². The molecule has 6 heteroatoms. The first-order valence-electron chi connectivity index (χ1n) is 3.34. The van der Waals surface area contributed by atoms with E-state index in [4.69, 9.17) is 4.55 Å². The summed E-state index contributed by atoms with van der Waals surface area (Å²) in [6.45, 7) is -0.143. The lowest BCUT2D eigenvalue weighted by Gasteiger charge is -1.99. The molecule has 72 valence electrons. The molecule has 0 aliphatic heterocycles. The van der Waals surface area contributed by atoms with Crippen LogP contribution in [0.4, 0.5) is 0 Å². The van der Waals surface area contributed by atoms with Gasteiger partial charge in [0.2, 0.25) is 0 Å². The largest absolute Gasteiger partial charge is 0.397 e. The lowest BCUT2D eigenvalue weighted by molar-refractivity contribution is 0.259. The van der Waals surface area contributed by atoms with Crippen molar-refractivity contribution in [2.24, 2.45) is 0 Å². The van der Waals surface area contributed by atoms with Crippen LogP contribution in [0.15, 0.2) is 24.3 Å². The Balaban J connectivity index is 2.61. The van der Waals surface area contributed by atoms with Crippen molar-refractivity contribution in [3.63, 3.8) is 0 Å². The maximum atomic E-state index is 10.2. The summed E-state index contributed by atoms with van der Waals surface area (Å²) in [5.41, 5.74) is 0.693. The monoisotopic (exact) mass is 314 g/mol. The van der Waals surface area contributed by atoms with Crippen molar-refractivity contribution in [1.29, 1.82) is 0 Å². The summed E-state index contributed by atoms with van der Waals surface area (Å²) in [7, 11) is -4.33. The van der Waals surface area contributed by atoms with E-state index in [0.29, 0.717) is 5.56 Å². The maximum Gasteiger partial charge on any atom is 0.397 e. The molecule has 0 fully saturated rings. The van der Waals surface area contributed by atoms with Crippen LogP contribution in [-0.2, 0) is 21.2 Å². The van der Waals surface area contributed by atoms with Crippen molar-refractivity contribution in [2.75, 3.05) is 0 Å². The van der Waals surface area contributed by atoms with E-state index < -0.39 is 10.4 Å². The molecule has 13 heavy (non-hydrogen) atoms. The van der Waals surface area contributed by atoms with E-state index in [1.807, 2.05) is 12.1 Å². The van der Waals surface area contributed by atoms with Crippen LogP contribution < -0.4 is 0 Å². The van der Waals surface area contributed by atoms with Crippen molar-refractivity contribution in [3.8, 4) is 0 Å². The van der Waals surface area contributed by atoms with E-state index in [-0.39, 0.29) is 6.61 Å². The van der Waals surface area contributed by atoms with Gasteiger partial charge in [0.15, 0.2) is 0 Å². The minimum absolute atomic E-state index is 0.143. The zero-order valence-electron chi connectivity index (χ0n) is 6.47. The van der Waals surface area contributed by atoms with E-state index >= 15 is 0 Å². The Labute approximate surface area is 90.0 Å². The Bertz CT molecular complexity index is 370. The molecule has 0 atom stereocenters. The van der Waals surface area contributed by atoms with Gasteiger partial charge in [-0.3, -0.25) is 4.55 Å². The Morgan fingerprint density at radius 2 is 1.85 bits per heavy atom. The highest BCUT2D eigenvalue weighted by molar-refractivity contribution is 14.1. The Kier molecular flexibility index (Phi) is 3.65. The summed E-state index contributed by atoms with van der Waals surface area (Å²) in [5, 5.41) is 0. The topological polar surface area (TPSA) is 63.6 Å². The van der Waals surface area contributed by atoms with E-state index in [9.17, 15) is 8.42 Å². The quantitative estimate of drug-likeness (QED) is 0.680. The normalized spacial score (nSPS) is 11.5. The second-order valence-electron chi connectivity index (χ2n) is 2.32. The second-order valence-corrected chi connectivity index (χ2v) is 4.65. The molecular weight excluding hydrogens is 307 g/mol. The van der Waals surface area contributed by atoms with Gasteiger partial charge in [0.05, 0.1) is 6.61 Å². The molecule has 0 saturated carbocycles. The summed E-state index contributed by atoms with van der Waals surface area (Å²) in [4.78, 5) is 0. The van der Waals surface area contributed by atoms with Crippen LogP contribution in [0.3, 0.4) is 0 Å². The molecule has 0 aromatic heterocycles.